The number of carbonyl (C=O) groups excluding carboxylic acids is 1. The third-order valence-electron chi connectivity index (χ3n) is 3.42. The maximum absolute atomic E-state index is 11.8. The van der Waals surface area contributed by atoms with Crippen LogP contribution in [0.5, 0.6) is 0 Å². The van der Waals surface area contributed by atoms with Crippen molar-refractivity contribution in [2.45, 2.75) is 58.9 Å². The van der Waals surface area contributed by atoms with Gasteiger partial charge in [-0.05, 0) is 18.8 Å². The number of carbonyl (C=O) groups is 1. The van der Waals surface area contributed by atoms with E-state index in [1.807, 2.05) is 13.8 Å². The van der Waals surface area contributed by atoms with Crippen LogP contribution in [-0.2, 0) is 4.79 Å². The first-order chi connectivity index (χ1) is 7.03. The van der Waals surface area contributed by atoms with Gasteiger partial charge in [-0.3, -0.25) is 4.79 Å². The molecular weight excluding hydrogens is 188 g/mol. The Morgan fingerprint density at radius 2 is 1.67 bits per heavy atom. The summed E-state index contributed by atoms with van der Waals surface area (Å²) in [5.74, 6) is 0.575. The Labute approximate surface area is 93.8 Å². The van der Waals surface area contributed by atoms with Crippen molar-refractivity contribution in [1.82, 2.24) is 5.32 Å². The van der Waals surface area contributed by atoms with E-state index in [0.717, 1.165) is 19.4 Å². The molecule has 0 unspecified atom stereocenters. The molecule has 0 rings (SSSR count). The molecule has 3 N–H and O–H groups in total. The fraction of sp³-hybridized carbons (Fsp3) is 0.917. The van der Waals surface area contributed by atoms with Crippen molar-refractivity contribution in [3.05, 3.63) is 0 Å². The smallest absolute Gasteiger partial charge is 0.240 e. The van der Waals surface area contributed by atoms with Crippen LogP contribution in [0.25, 0.3) is 0 Å². The Morgan fingerprint density at radius 3 is 2.00 bits per heavy atom. The molecule has 3 nitrogen and oxygen atoms in total. The lowest BCUT2D eigenvalue weighted by atomic mass is 9.92. The van der Waals surface area contributed by atoms with E-state index in [1.165, 1.54) is 0 Å². The van der Waals surface area contributed by atoms with E-state index in [-0.39, 0.29) is 5.91 Å². The summed E-state index contributed by atoms with van der Waals surface area (Å²) in [4.78, 5) is 11.8. The van der Waals surface area contributed by atoms with E-state index in [0.29, 0.717) is 18.8 Å². The van der Waals surface area contributed by atoms with Gasteiger partial charge in [-0.25, -0.2) is 0 Å². The summed E-state index contributed by atoms with van der Waals surface area (Å²) in [6.07, 6.45) is 3.59. The topological polar surface area (TPSA) is 55.1 Å². The van der Waals surface area contributed by atoms with Crippen LogP contribution in [0.4, 0.5) is 0 Å². The first kappa shape index (κ1) is 14.4. The molecule has 3 heteroatoms. The van der Waals surface area contributed by atoms with E-state index in [9.17, 15) is 4.79 Å². The third kappa shape index (κ3) is 4.20. The molecule has 15 heavy (non-hydrogen) atoms. The first-order valence-electron chi connectivity index (χ1n) is 6.11. The van der Waals surface area contributed by atoms with E-state index < -0.39 is 5.54 Å². The normalized spacial score (nSPS) is 11.9. The lowest BCUT2D eigenvalue weighted by Gasteiger charge is -2.26. The van der Waals surface area contributed by atoms with E-state index in [1.54, 1.807) is 0 Å². The quantitative estimate of drug-likeness (QED) is 0.681. The maximum Gasteiger partial charge on any atom is 0.240 e. The van der Waals surface area contributed by atoms with Crippen LogP contribution in [0.2, 0.25) is 0 Å². The summed E-state index contributed by atoms with van der Waals surface area (Å²) in [6.45, 7) is 8.97. The molecule has 0 saturated carbocycles. The van der Waals surface area contributed by atoms with Gasteiger partial charge in [0.15, 0.2) is 0 Å². The third-order valence-corrected chi connectivity index (χ3v) is 3.42. The molecule has 0 atom stereocenters. The van der Waals surface area contributed by atoms with Crippen molar-refractivity contribution in [2.24, 2.45) is 11.7 Å². The zero-order chi connectivity index (χ0) is 11.9. The molecule has 0 aliphatic rings. The van der Waals surface area contributed by atoms with Crippen molar-refractivity contribution in [3.63, 3.8) is 0 Å². The van der Waals surface area contributed by atoms with Crippen molar-refractivity contribution in [3.8, 4) is 0 Å². The maximum atomic E-state index is 11.8. The predicted octanol–water partition coefficient (Wildman–Crippen LogP) is 2.06. The van der Waals surface area contributed by atoms with Gasteiger partial charge < -0.3 is 11.1 Å². The highest BCUT2D eigenvalue weighted by molar-refractivity contribution is 5.85. The Kier molecular flexibility index (Phi) is 6.57. The number of rotatable bonds is 7. The van der Waals surface area contributed by atoms with Gasteiger partial charge in [-0.2, -0.15) is 0 Å². The molecule has 0 aromatic rings. The number of hydrogen-bond acceptors (Lipinski definition) is 2. The largest absolute Gasteiger partial charge is 0.354 e. The minimum Gasteiger partial charge on any atom is -0.354 e. The van der Waals surface area contributed by atoms with Crippen molar-refractivity contribution in [1.29, 1.82) is 0 Å². The van der Waals surface area contributed by atoms with Gasteiger partial charge >= 0.3 is 0 Å². The number of nitrogens with one attached hydrogen (secondary N) is 1. The fourth-order valence-electron chi connectivity index (χ4n) is 1.56. The molecule has 0 aromatic carbocycles. The van der Waals surface area contributed by atoms with Gasteiger partial charge in [0.25, 0.3) is 0 Å². The number of nitrogens with two attached hydrogens (primary N) is 1. The van der Waals surface area contributed by atoms with E-state index in [4.69, 9.17) is 5.73 Å². The standard InChI is InChI=1S/C12H26N2O/c1-5-10(6-2)9-14-11(15)12(13,7-3)8-4/h10H,5-9,13H2,1-4H3,(H,14,15). The Morgan fingerprint density at radius 1 is 1.20 bits per heavy atom. The number of hydrogen-bond donors (Lipinski definition) is 2. The molecular formula is C12H26N2O. The highest BCUT2D eigenvalue weighted by Crippen LogP contribution is 2.12. The second kappa shape index (κ2) is 6.83. The summed E-state index contributed by atoms with van der Waals surface area (Å²) < 4.78 is 0. The van der Waals surface area contributed by atoms with Crippen LogP contribution >= 0.6 is 0 Å². The fourth-order valence-corrected chi connectivity index (χ4v) is 1.56. The lowest BCUT2D eigenvalue weighted by Crippen LogP contribution is -2.53. The molecule has 0 aliphatic heterocycles. The highest BCUT2D eigenvalue weighted by Gasteiger charge is 2.29. The average Bonchev–Trinajstić information content (AvgIpc) is 2.29. The zero-order valence-corrected chi connectivity index (χ0v) is 10.6. The van der Waals surface area contributed by atoms with Crippen LogP contribution in [0, 0.1) is 5.92 Å². The summed E-state index contributed by atoms with van der Waals surface area (Å²) >= 11 is 0. The molecule has 0 radical (unpaired) electrons. The zero-order valence-electron chi connectivity index (χ0n) is 10.6. The molecule has 1 amide bonds. The lowest BCUT2D eigenvalue weighted by molar-refractivity contribution is -0.126. The van der Waals surface area contributed by atoms with E-state index >= 15 is 0 Å². The highest BCUT2D eigenvalue weighted by atomic mass is 16.2. The molecule has 0 aromatic heterocycles. The first-order valence-corrected chi connectivity index (χ1v) is 6.11. The predicted molar refractivity (Wildman–Crippen MR) is 64.6 cm³/mol. The number of amides is 1. The second-order valence-corrected chi connectivity index (χ2v) is 4.26. The summed E-state index contributed by atoms with van der Waals surface area (Å²) in [6, 6.07) is 0. The summed E-state index contributed by atoms with van der Waals surface area (Å²) in [5, 5.41) is 2.96. The van der Waals surface area contributed by atoms with Crippen molar-refractivity contribution >= 4 is 5.91 Å². The molecule has 0 saturated heterocycles. The monoisotopic (exact) mass is 214 g/mol. The molecule has 0 heterocycles. The Hall–Kier alpha value is -0.570. The van der Waals surface area contributed by atoms with Gasteiger partial charge in [0.1, 0.15) is 0 Å². The van der Waals surface area contributed by atoms with Crippen LogP contribution in [0.3, 0.4) is 0 Å². The van der Waals surface area contributed by atoms with Crippen LogP contribution in [0.1, 0.15) is 53.4 Å². The van der Waals surface area contributed by atoms with Crippen molar-refractivity contribution in [2.75, 3.05) is 6.54 Å². The van der Waals surface area contributed by atoms with Gasteiger partial charge in [-0.15, -0.1) is 0 Å². The van der Waals surface area contributed by atoms with Gasteiger partial charge in [0, 0.05) is 6.54 Å². The molecule has 0 aliphatic carbocycles. The van der Waals surface area contributed by atoms with Crippen LogP contribution in [-0.4, -0.2) is 18.0 Å². The Bertz CT molecular complexity index is 184. The minimum atomic E-state index is -0.675. The molecule has 0 bridgehead atoms. The SMILES string of the molecule is CCC(CC)CNC(=O)C(N)(CC)CC. The molecule has 0 fully saturated rings. The van der Waals surface area contributed by atoms with Crippen LogP contribution < -0.4 is 11.1 Å². The molecule has 0 spiro atoms. The summed E-state index contributed by atoms with van der Waals surface area (Å²) in [5.41, 5.74) is 5.32. The van der Waals surface area contributed by atoms with Gasteiger partial charge in [0.2, 0.25) is 5.91 Å². The minimum absolute atomic E-state index is 0.000556. The molecule has 90 valence electrons. The Balaban J connectivity index is 4.12. The van der Waals surface area contributed by atoms with Gasteiger partial charge in [-0.1, -0.05) is 40.5 Å². The van der Waals surface area contributed by atoms with E-state index in [2.05, 4.69) is 19.2 Å². The summed E-state index contributed by atoms with van der Waals surface area (Å²) in [7, 11) is 0. The average molecular weight is 214 g/mol. The second-order valence-electron chi connectivity index (χ2n) is 4.26. The van der Waals surface area contributed by atoms with Crippen molar-refractivity contribution < 1.29 is 4.79 Å². The van der Waals surface area contributed by atoms with Gasteiger partial charge in [0.05, 0.1) is 5.54 Å². The van der Waals surface area contributed by atoms with Crippen LogP contribution in [0.15, 0.2) is 0 Å².